The first-order valence-corrected chi connectivity index (χ1v) is 5.40. The fourth-order valence-corrected chi connectivity index (χ4v) is 1.46. The summed E-state index contributed by atoms with van der Waals surface area (Å²) in [6.45, 7) is 2.12. The molecule has 1 heterocycles. The molecule has 4 nitrogen and oxygen atoms in total. The maximum atomic E-state index is 8.73. The van der Waals surface area contributed by atoms with Gasteiger partial charge in [0, 0.05) is 11.8 Å². The van der Waals surface area contributed by atoms with Crippen molar-refractivity contribution in [3.63, 3.8) is 0 Å². The van der Waals surface area contributed by atoms with Gasteiger partial charge < -0.3 is 5.32 Å². The van der Waals surface area contributed by atoms with Gasteiger partial charge in [-0.3, -0.25) is 0 Å². The first-order chi connectivity index (χ1) is 8.31. The maximum absolute atomic E-state index is 8.73. The number of anilines is 2. The monoisotopic (exact) mass is 224 g/mol. The van der Waals surface area contributed by atoms with Crippen molar-refractivity contribution in [3.8, 4) is 6.07 Å². The lowest BCUT2D eigenvalue weighted by molar-refractivity contribution is 1.13. The van der Waals surface area contributed by atoms with E-state index >= 15 is 0 Å². The molecule has 2 rings (SSSR count). The van der Waals surface area contributed by atoms with Crippen molar-refractivity contribution in [2.24, 2.45) is 0 Å². The highest BCUT2D eigenvalue weighted by Crippen LogP contribution is 2.15. The van der Waals surface area contributed by atoms with Crippen molar-refractivity contribution in [1.82, 2.24) is 9.97 Å². The van der Waals surface area contributed by atoms with Crippen molar-refractivity contribution in [2.45, 2.75) is 13.3 Å². The Bertz CT molecular complexity index is 540. The predicted molar refractivity (Wildman–Crippen MR) is 65.8 cm³/mol. The number of nitriles is 1. The third-order valence-corrected chi connectivity index (χ3v) is 2.42. The fourth-order valence-electron chi connectivity index (χ4n) is 1.46. The summed E-state index contributed by atoms with van der Waals surface area (Å²) in [6.07, 6.45) is 2.40. The Labute approximate surface area is 100.0 Å². The number of nitrogens with one attached hydrogen (secondary N) is 1. The molecule has 0 unspecified atom stereocenters. The molecule has 17 heavy (non-hydrogen) atoms. The van der Waals surface area contributed by atoms with Crippen LogP contribution in [0.15, 0.2) is 36.7 Å². The second-order valence-corrected chi connectivity index (χ2v) is 3.58. The average molecular weight is 224 g/mol. The minimum atomic E-state index is 0.354. The summed E-state index contributed by atoms with van der Waals surface area (Å²) in [5, 5.41) is 11.9. The minimum absolute atomic E-state index is 0.354. The Hall–Kier alpha value is -2.41. The van der Waals surface area contributed by atoms with Crippen LogP contribution in [-0.2, 0) is 6.42 Å². The summed E-state index contributed by atoms with van der Waals surface area (Å²) in [4.78, 5) is 7.87. The Morgan fingerprint density at radius 2 is 2.00 bits per heavy atom. The number of aromatic nitrogens is 2. The van der Waals surface area contributed by atoms with Crippen LogP contribution < -0.4 is 5.32 Å². The second kappa shape index (κ2) is 5.08. The summed E-state index contributed by atoms with van der Waals surface area (Å²) < 4.78 is 0. The number of rotatable bonds is 3. The van der Waals surface area contributed by atoms with Crippen molar-refractivity contribution < 1.29 is 0 Å². The molecule has 0 spiro atoms. The maximum Gasteiger partial charge on any atom is 0.145 e. The fraction of sp³-hybridized carbons (Fsp3) is 0.154. The summed E-state index contributed by atoms with van der Waals surface area (Å²) in [6, 6.07) is 11.7. The van der Waals surface area contributed by atoms with E-state index in [0.717, 1.165) is 12.1 Å². The van der Waals surface area contributed by atoms with Crippen LogP contribution in [0.5, 0.6) is 0 Å². The largest absolute Gasteiger partial charge is 0.340 e. The van der Waals surface area contributed by atoms with E-state index in [-0.39, 0.29) is 0 Å². The van der Waals surface area contributed by atoms with Crippen molar-refractivity contribution in [1.29, 1.82) is 5.26 Å². The standard InChI is InChI=1S/C13H12N4/c1-2-10-3-5-11(6-4-10)17-13-7-12(8-14)15-9-16-13/h3-7,9H,2H2,1H3,(H,15,16,17). The van der Waals surface area contributed by atoms with Crippen LogP contribution >= 0.6 is 0 Å². The number of aryl methyl sites for hydroxylation is 1. The zero-order valence-electron chi connectivity index (χ0n) is 9.51. The molecule has 4 heteroatoms. The predicted octanol–water partition coefficient (Wildman–Crippen LogP) is 2.65. The highest BCUT2D eigenvalue weighted by atomic mass is 15.0. The van der Waals surface area contributed by atoms with E-state index in [1.807, 2.05) is 18.2 Å². The van der Waals surface area contributed by atoms with E-state index in [0.29, 0.717) is 11.5 Å². The number of hydrogen-bond acceptors (Lipinski definition) is 4. The van der Waals surface area contributed by atoms with Gasteiger partial charge in [0.25, 0.3) is 0 Å². The first-order valence-electron chi connectivity index (χ1n) is 5.40. The van der Waals surface area contributed by atoms with Gasteiger partial charge in [0.15, 0.2) is 0 Å². The molecule has 0 amide bonds. The number of benzene rings is 1. The number of nitrogens with zero attached hydrogens (tertiary/aromatic N) is 3. The summed E-state index contributed by atoms with van der Waals surface area (Å²) in [7, 11) is 0. The van der Waals surface area contributed by atoms with Crippen molar-refractivity contribution >= 4 is 11.5 Å². The average Bonchev–Trinajstić information content (AvgIpc) is 2.40. The van der Waals surface area contributed by atoms with Crippen molar-refractivity contribution in [3.05, 3.63) is 47.9 Å². The Morgan fingerprint density at radius 3 is 2.65 bits per heavy atom. The van der Waals surface area contributed by atoms with E-state index in [4.69, 9.17) is 5.26 Å². The molecule has 0 fully saturated rings. The molecule has 0 atom stereocenters. The number of hydrogen-bond donors (Lipinski definition) is 1. The first kappa shape index (κ1) is 11.1. The van der Waals surface area contributed by atoms with E-state index in [9.17, 15) is 0 Å². The summed E-state index contributed by atoms with van der Waals surface area (Å²) >= 11 is 0. The SMILES string of the molecule is CCc1ccc(Nc2cc(C#N)ncn2)cc1. The third kappa shape index (κ3) is 2.79. The molecule has 0 saturated heterocycles. The van der Waals surface area contributed by atoms with Gasteiger partial charge in [-0.2, -0.15) is 5.26 Å². The molecule has 0 aliphatic carbocycles. The van der Waals surface area contributed by atoms with Crippen LogP contribution in [0.1, 0.15) is 18.2 Å². The second-order valence-electron chi connectivity index (χ2n) is 3.58. The molecular formula is C13H12N4. The van der Waals surface area contributed by atoms with Gasteiger partial charge in [-0.1, -0.05) is 19.1 Å². The van der Waals surface area contributed by atoms with Crippen LogP contribution in [0.2, 0.25) is 0 Å². The van der Waals surface area contributed by atoms with E-state index < -0.39 is 0 Å². The van der Waals surface area contributed by atoms with Crippen LogP contribution in [0, 0.1) is 11.3 Å². The minimum Gasteiger partial charge on any atom is -0.340 e. The van der Waals surface area contributed by atoms with Gasteiger partial charge in [0.2, 0.25) is 0 Å². The quantitative estimate of drug-likeness (QED) is 0.870. The van der Waals surface area contributed by atoms with E-state index in [2.05, 4.69) is 34.3 Å². The van der Waals surface area contributed by atoms with Crippen LogP contribution in [0.3, 0.4) is 0 Å². The van der Waals surface area contributed by atoms with Gasteiger partial charge in [0.05, 0.1) is 0 Å². The van der Waals surface area contributed by atoms with Crippen LogP contribution in [0.4, 0.5) is 11.5 Å². The summed E-state index contributed by atoms with van der Waals surface area (Å²) in [5.74, 6) is 0.626. The van der Waals surface area contributed by atoms with E-state index in [1.54, 1.807) is 6.07 Å². The molecule has 1 aromatic heterocycles. The van der Waals surface area contributed by atoms with Crippen LogP contribution in [-0.4, -0.2) is 9.97 Å². The topological polar surface area (TPSA) is 61.6 Å². The molecule has 0 bridgehead atoms. The van der Waals surface area contributed by atoms with Crippen molar-refractivity contribution in [2.75, 3.05) is 5.32 Å². The highest BCUT2D eigenvalue weighted by molar-refractivity contribution is 5.57. The lowest BCUT2D eigenvalue weighted by atomic mass is 10.1. The molecule has 0 aliphatic heterocycles. The van der Waals surface area contributed by atoms with Gasteiger partial charge >= 0.3 is 0 Å². The molecule has 2 aromatic rings. The molecule has 0 aliphatic rings. The molecule has 1 N–H and O–H groups in total. The molecule has 1 aromatic carbocycles. The Kier molecular flexibility index (Phi) is 3.31. The van der Waals surface area contributed by atoms with Gasteiger partial charge in [0.1, 0.15) is 23.9 Å². The molecule has 84 valence electrons. The molecule has 0 saturated carbocycles. The lowest BCUT2D eigenvalue weighted by Crippen LogP contribution is -1.95. The Balaban J connectivity index is 2.16. The van der Waals surface area contributed by atoms with Crippen LogP contribution in [0.25, 0.3) is 0 Å². The smallest absolute Gasteiger partial charge is 0.145 e. The molecule has 0 radical (unpaired) electrons. The lowest BCUT2D eigenvalue weighted by Gasteiger charge is -2.05. The third-order valence-electron chi connectivity index (χ3n) is 2.42. The normalized spacial score (nSPS) is 9.65. The van der Waals surface area contributed by atoms with Gasteiger partial charge in [-0.15, -0.1) is 0 Å². The van der Waals surface area contributed by atoms with E-state index in [1.165, 1.54) is 11.9 Å². The van der Waals surface area contributed by atoms with Gasteiger partial charge in [-0.05, 0) is 24.1 Å². The zero-order valence-corrected chi connectivity index (χ0v) is 9.51. The zero-order chi connectivity index (χ0) is 12.1. The Morgan fingerprint density at radius 1 is 1.24 bits per heavy atom. The van der Waals surface area contributed by atoms with Gasteiger partial charge in [-0.25, -0.2) is 9.97 Å². The highest BCUT2D eigenvalue weighted by Gasteiger charge is 1.98. The molecular weight excluding hydrogens is 212 g/mol. The summed E-state index contributed by atoms with van der Waals surface area (Å²) in [5.41, 5.74) is 2.59.